The smallest absolute Gasteiger partial charge is 0.0738 e. The van der Waals surface area contributed by atoms with Gasteiger partial charge < -0.3 is 5.73 Å². The molecule has 1 atom stereocenters. The number of aromatic nitrogens is 3. The molecule has 0 saturated heterocycles. The van der Waals surface area contributed by atoms with Crippen LogP contribution in [0.15, 0.2) is 16.7 Å². The lowest BCUT2D eigenvalue weighted by Crippen LogP contribution is -2.19. The van der Waals surface area contributed by atoms with Crippen molar-refractivity contribution >= 4 is 15.9 Å². The highest BCUT2D eigenvalue weighted by molar-refractivity contribution is 9.10. The lowest BCUT2D eigenvalue weighted by Gasteiger charge is -2.15. The first-order chi connectivity index (χ1) is 9.43. The van der Waals surface area contributed by atoms with Crippen molar-refractivity contribution < 1.29 is 0 Å². The summed E-state index contributed by atoms with van der Waals surface area (Å²) in [5, 5.41) is 4.51. The summed E-state index contributed by atoms with van der Waals surface area (Å²) < 4.78 is 3.06. The van der Waals surface area contributed by atoms with Gasteiger partial charge in [-0.1, -0.05) is 6.07 Å². The summed E-state index contributed by atoms with van der Waals surface area (Å²) in [5.41, 5.74) is 11.8. The number of nitrogens with zero attached hydrogens (tertiary/aromatic N) is 3. The molecule has 0 amide bonds. The molecule has 0 aromatic carbocycles. The number of aryl methyl sites for hydroxylation is 4. The van der Waals surface area contributed by atoms with Crippen molar-refractivity contribution in [2.24, 2.45) is 5.73 Å². The van der Waals surface area contributed by atoms with E-state index in [1.54, 1.807) is 0 Å². The predicted octanol–water partition coefficient (Wildman–Crippen LogP) is 3.23. The van der Waals surface area contributed by atoms with Crippen LogP contribution in [0.4, 0.5) is 0 Å². The van der Waals surface area contributed by atoms with Crippen molar-refractivity contribution in [2.75, 3.05) is 0 Å². The van der Waals surface area contributed by atoms with Gasteiger partial charge in [-0.25, -0.2) is 0 Å². The van der Waals surface area contributed by atoms with Crippen LogP contribution in [0.1, 0.15) is 41.2 Å². The van der Waals surface area contributed by atoms with E-state index < -0.39 is 0 Å². The molecule has 1 unspecified atom stereocenters. The Morgan fingerprint density at radius 3 is 2.65 bits per heavy atom. The van der Waals surface area contributed by atoms with Gasteiger partial charge in [-0.3, -0.25) is 9.67 Å². The monoisotopic (exact) mass is 336 g/mol. The zero-order chi connectivity index (χ0) is 14.9. The highest BCUT2D eigenvalue weighted by Gasteiger charge is 2.18. The second-order valence-electron chi connectivity index (χ2n) is 5.19. The molecule has 108 valence electrons. The van der Waals surface area contributed by atoms with E-state index in [4.69, 9.17) is 5.73 Å². The summed E-state index contributed by atoms with van der Waals surface area (Å²) in [7, 11) is 0. The normalized spacial score (nSPS) is 12.7. The van der Waals surface area contributed by atoms with Gasteiger partial charge in [-0.15, -0.1) is 0 Å². The van der Waals surface area contributed by atoms with Crippen molar-refractivity contribution in [1.29, 1.82) is 0 Å². The first-order valence-electron chi connectivity index (χ1n) is 6.84. The van der Waals surface area contributed by atoms with Crippen LogP contribution < -0.4 is 5.73 Å². The van der Waals surface area contributed by atoms with E-state index in [0.717, 1.165) is 45.6 Å². The van der Waals surface area contributed by atoms with Crippen molar-refractivity contribution in [2.45, 2.75) is 46.7 Å². The van der Waals surface area contributed by atoms with Gasteiger partial charge in [0.05, 0.1) is 27.6 Å². The van der Waals surface area contributed by atoms with Gasteiger partial charge in [0.2, 0.25) is 0 Å². The molecule has 2 aromatic heterocycles. The van der Waals surface area contributed by atoms with Crippen molar-refractivity contribution in [3.8, 4) is 0 Å². The summed E-state index contributed by atoms with van der Waals surface area (Å²) in [6.45, 7) is 9.03. The maximum absolute atomic E-state index is 6.36. The van der Waals surface area contributed by atoms with Gasteiger partial charge in [0.1, 0.15) is 0 Å². The number of halogens is 1. The third kappa shape index (κ3) is 2.94. The predicted molar refractivity (Wildman–Crippen MR) is 84.7 cm³/mol. The topological polar surface area (TPSA) is 56.7 Å². The summed E-state index contributed by atoms with van der Waals surface area (Å²) in [6, 6.07) is 2.01. The van der Waals surface area contributed by atoms with Crippen LogP contribution in [0.25, 0.3) is 0 Å². The second kappa shape index (κ2) is 6.06. The quantitative estimate of drug-likeness (QED) is 0.932. The average Bonchev–Trinajstić information content (AvgIpc) is 2.66. The molecule has 0 aliphatic heterocycles. The van der Waals surface area contributed by atoms with Crippen LogP contribution in [-0.2, 0) is 13.0 Å². The summed E-state index contributed by atoms with van der Waals surface area (Å²) in [6.07, 6.45) is 2.60. The van der Waals surface area contributed by atoms with E-state index >= 15 is 0 Å². The second-order valence-corrected chi connectivity index (χ2v) is 5.98. The fourth-order valence-electron chi connectivity index (χ4n) is 2.48. The van der Waals surface area contributed by atoms with E-state index in [1.165, 1.54) is 0 Å². The molecule has 5 heteroatoms. The molecule has 4 nitrogen and oxygen atoms in total. The number of hydrogen-bond donors (Lipinski definition) is 1. The number of nitrogens with two attached hydrogens (primary N) is 1. The molecular formula is C15H21BrN4. The number of pyridine rings is 1. The Labute approximate surface area is 128 Å². The molecule has 0 radical (unpaired) electrons. The Kier molecular flexibility index (Phi) is 4.60. The zero-order valence-corrected chi connectivity index (χ0v) is 14.0. The van der Waals surface area contributed by atoms with Gasteiger partial charge in [-0.05, 0) is 54.8 Å². The van der Waals surface area contributed by atoms with Crippen molar-refractivity contribution in [3.05, 3.63) is 44.9 Å². The summed E-state index contributed by atoms with van der Waals surface area (Å²) >= 11 is 3.61. The van der Waals surface area contributed by atoms with Gasteiger partial charge in [-0.2, -0.15) is 5.10 Å². The Hall–Kier alpha value is -1.20. The minimum Gasteiger partial charge on any atom is -0.322 e. The maximum Gasteiger partial charge on any atom is 0.0738 e. The summed E-state index contributed by atoms with van der Waals surface area (Å²) in [5.74, 6) is 0. The third-order valence-corrected chi connectivity index (χ3v) is 4.50. The highest BCUT2D eigenvalue weighted by atomic mass is 79.9. The van der Waals surface area contributed by atoms with Crippen molar-refractivity contribution in [3.63, 3.8) is 0 Å². The molecular weight excluding hydrogens is 316 g/mol. The molecule has 20 heavy (non-hydrogen) atoms. The first kappa shape index (κ1) is 15.2. The van der Waals surface area contributed by atoms with Crippen LogP contribution in [0, 0.1) is 20.8 Å². The van der Waals surface area contributed by atoms with E-state index in [-0.39, 0.29) is 6.04 Å². The SMILES string of the molecule is CCn1nc(C)c(Br)c1CC(N)c1ncc(C)cc1C. The molecule has 0 aliphatic carbocycles. The number of rotatable bonds is 4. The lowest BCUT2D eigenvalue weighted by atomic mass is 10.0. The highest BCUT2D eigenvalue weighted by Crippen LogP contribution is 2.26. The summed E-state index contributed by atoms with van der Waals surface area (Å²) in [4.78, 5) is 4.50. The van der Waals surface area contributed by atoms with Crippen LogP contribution in [0.5, 0.6) is 0 Å². The molecule has 2 rings (SSSR count). The van der Waals surface area contributed by atoms with E-state index in [0.29, 0.717) is 0 Å². The average molecular weight is 337 g/mol. The molecule has 2 aromatic rings. The van der Waals surface area contributed by atoms with E-state index in [1.807, 2.05) is 24.7 Å². The molecule has 0 spiro atoms. The molecule has 2 heterocycles. The molecule has 0 fully saturated rings. The number of hydrogen-bond acceptors (Lipinski definition) is 3. The van der Waals surface area contributed by atoms with Crippen LogP contribution in [0.3, 0.4) is 0 Å². The Morgan fingerprint density at radius 1 is 1.35 bits per heavy atom. The fraction of sp³-hybridized carbons (Fsp3) is 0.467. The van der Waals surface area contributed by atoms with E-state index in [2.05, 4.69) is 45.9 Å². The van der Waals surface area contributed by atoms with Crippen LogP contribution in [0.2, 0.25) is 0 Å². The van der Waals surface area contributed by atoms with Gasteiger partial charge >= 0.3 is 0 Å². The minimum absolute atomic E-state index is 0.117. The van der Waals surface area contributed by atoms with Crippen molar-refractivity contribution in [1.82, 2.24) is 14.8 Å². The van der Waals surface area contributed by atoms with Crippen LogP contribution >= 0.6 is 15.9 Å². The van der Waals surface area contributed by atoms with Gasteiger partial charge in [0, 0.05) is 19.2 Å². The lowest BCUT2D eigenvalue weighted by molar-refractivity contribution is 0.579. The van der Waals surface area contributed by atoms with Gasteiger partial charge in [0.25, 0.3) is 0 Å². The Morgan fingerprint density at radius 2 is 2.05 bits per heavy atom. The van der Waals surface area contributed by atoms with E-state index in [9.17, 15) is 0 Å². The molecule has 0 saturated carbocycles. The minimum atomic E-state index is -0.117. The molecule has 0 bridgehead atoms. The Bertz CT molecular complexity index is 619. The first-order valence-corrected chi connectivity index (χ1v) is 7.63. The zero-order valence-electron chi connectivity index (χ0n) is 12.4. The molecule has 0 aliphatic rings. The Balaban J connectivity index is 2.30. The fourth-order valence-corrected chi connectivity index (χ4v) is 2.93. The molecule has 2 N–H and O–H groups in total. The largest absolute Gasteiger partial charge is 0.322 e. The van der Waals surface area contributed by atoms with Crippen LogP contribution in [-0.4, -0.2) is 14.8 Å². The third-order valence-electron chi connectivity index (χ3n) is 3.47. The standard InChI is InChI=1S/C15H21BrN4/c1-5-20-13(14(16)11(4)19-20)7-12(17)15-10(3)6-9(2)8-18-15/h6,8,12H,5,7,17H2,1-4H3. The maximum atomic E-state index is 6.36. The van der Waals surface area contributed by atoms with Gasteiger partial charge in [0.15, 0.2) is 0 Å².